The smallest absolute Gasteiger partial charge is 0.386 e. The Morgan fingerprint density at radius 1 is 0.526 bits per heavy atom. The molecule has 0 aliphatic heterocycles. The van der Waals surface area contributed by atoms with Gasteiger partial charge in [0.05, 0.1) is 0 Å². The first kappa shape index (κ1) is 20.0. The first-order chi connectivity index (χ1) is 9.35. The fourth-order valence-electron chi connectivity index (χ4n) is 1.32. The fraction of sp³-hybridized carbons (Fsp3) is 1.00. The molecule has 7 heteroatoms. The average molecular weight is 326 g/mol. The lowest BCUT2D eigenvalue weighted by Crippen LogP contribution is -2.29. The maximum atomic E-state index is 5.59. The van der Waals surface area contributed by atoms with Crippen LogP contribution in [-0.4, -0.2) is 44.4 Å². The normalized spacial score (nSPS) is 10.9. The third-order valence-corrected chi connectivity index (χ3v) is 3.37. The van der Waals surface area contributed by atoms with E-state index in [-0.39, 0.29) is 0 Å². The molecule has 0 saturated heterocycles. The van der Waals surface area contributed by atoms with Crippen molar-refractivity contribution in [2.45, 2.75) is 38.5 Å². The van der Waals surface area contributed by atoms with E-state index in [2.05, 4.69) is 37.9 Å². The lowest BCUT2D eigenvalue weighted by atomic mass is 10.2. The molecule has 114 valence electrons. The molecule has 0 unspecified atom stereocenters. The molecule has 0 aliphatic rings. The molecule has 0 heterocycles. The predicted molar refractivity (Wildman–Crippen MR) is 92.9 cm³/mol. The molecule has 0 aromatic carbocycles. The number of hydrogen-bond acceptors (Lipinski definition) is 6. The lowest BCUT2D eigenvalue weighted by Gasteiger charge is -2.14. The van der Waals surface area contributed by atoms with Gasteiger partial charge >= 0.3 is 7.32 Å². The van der Waals surface area contributed by atoms with Crippen LogP contribution in [0.4, 0.5) is 0 Å². The molecule has 0 atom stereocenters. The summed E-state index contributed by atoms with van der Waals surface area (Å²) < 4.78 is 16.8. The molecule has 0 fully saturated rings. The maximum Gasteiger partial charge on any atom is 0.639 e. The van der Waals surface area contributed by atoms with Gasteiger partial charge in [-0.15, -0.1) is 0 Å². The van der Waals surface area contributed by atoms with Crippen LogP contribution in [0.2, 0.25) is 0 Å². The minimum atomic E-state index is -0.528. The van der Waals surface area contributed by atoms with Crippen LogP contribution in [0.5, 0.6) is 0 Å². The minimum Gasteiger partial charge on any atom is -0.386 e. The van der Waals surface area contributed by atoms with Gasteiger partial charge in [0.2, 0.25) is 0 Å². The Morgan fingerprint density at radius 2 is 0.842 bits per heavy atom. The minimum absolute atomic E-state index is 0.528. The standard InChI is InChI=1S/C12H27BO3S3/c17-10-4-1-7-14-13(15-8-2-5-11-18)16-9-3-6-12-19/h17-19H,1-12H2. The second kappa shape index (κ2) is 17.0. The largest absolute Gasteiger partial charge is 0.639 e. The average Bonchev–Trinajstić information content (AvgIpc) is 2.43. The first-order valence-electron chi connectivity index (χ1n) is 7.02. The molecular formula is C12H27BO3S3. The van der Waals surface area contributed by atoms with Crippen LogP contribution in [-0.2, 0) is 14.0 Å². The Bertz CT molecular complexity index is 150. The van der Waals surface area contributed by atoms with Crippen molar-refractivity contribution in [3.05, 3.63) is 0 Å². The molecule has 19 heavy (non-hydrogen) atoms. The summed E-state index contributed by atoms with van der Waals surface area (Å²) in [4.78, 5) is 0. The quantitative estimate of drug-likeness (QED) is 0.245. The summed E-state index contributed by atoms with van der Waals surface area (Å²) in [6.45, 7) is 1.97. The Hall–Kier alpha value is 0.995. The first-order valence-corrected chi connectivity index (χ1v) is 8.92. The van der Waals surface area contributed by atoms with E-state index in [1.807, 2.05) is 0 Å². The van der Waals surface area contributed by atoms with E-state index in [0.29, 0.717) is 19.8 Å². The number of unbranched alkanes of at least 4 members (excludes halogenated alkanes) is 3. The van der Waals surface area contributed by atoms with E-state index in [1.54, 1.807) is 0 Å². The van der Waals surface area contributed by atoms with Gasteiger partial charge in [0.1, 0.15) is 0 Å². The summed E-state index contributed by atoms with van der Waals surface area (Å²) in [5.41, 5.74) is 0. The second-order valence-electron chi connectivity index (χ2n) is 4.19. The Labute approximate surface area is 134 Å². The van der Waals surface area contributed by atoms with Crippen molar-refractivity contribution >= 4 is 45.2 Å². The summed E-state index contributed by atoms with van der Waals surface area (Å²) in [5, 5.41) is 0. The fourth-order valence-corrected chi connectivity index (χ4v) is 2.00. The molecule has 0 radical (unpaired) electrons. The van der Waals surface area contributed by atoms with Crippen LogP contribution in [0.25, 0.3) is 0 Å². The molecule has 0 aromatic heterocycles. The van der Waals surface area contributed by atoms with E-state index in [4.69, 9.17) is 14.0 Å². The van der Waals surface area contributed by atoms with E-state index < -0.39 is 7.32 Å². The number of rotatable bonds is 15. The van der Waals surface area contributed by atoms with Gasteiger partial charge in [-0.2, -0.15) is 37.9 Å². The molecule has 3 nitrogen and oxygen atoms in total. The van der Waals surface area contributed by atoms with Gasteiger partial charge in [0, 0.05) is 19.8 Å². The van der Waals surface area contributed by atoms with Crippen LogP contribution in [0.15, 0.2) is 0 Å². The summed E-state index contributed by atoms with van der Waals surface area (Å²) in [7, 11) is -0.528. The van der Waals surface area contributed by atoms with Crippen LogP contribution in [0.3, 0.4) is 0 Å². The number of thiol groups is 3. The van der Waals surface area contributed by atoms with Gasteiger partial charge in [0.25, 0.3) is 0 Å². The second-order valence-corrected chi connectivity index (χ2v) is 5.53. The molecule has 0 aromatic rings. The predicted octanol–water partition coefficient (Wildman–Crippen LogP) is 3.15. The van der Waals surface area contributed by atoms with Gasteiger partial charge in [0.15, 0.2) is 0 Å². The van der Waals surface area contributed by atoms with E-state index in [0.717, 1.165) is 55.8 Å². The zero-order chi connectivity index (χ0) is 14.2. The topological polar surface area (TPSA) is 27.7 Å². The van der Waals surface area contributed by atoms with E-state index in [9.17, 15) is 0 Å². The molecular weight excluding hydrogens is 299 g/mol. The molecule has 0 amide bonds. The lowest BCUT2D eigenvalue weighted by molar-refractivity contribution is 0.0901. The molecule has 0 aliphatic carbocycles. The Morgan fingerprint density at radius 3 is 1.11 bits per heavy atom. The molecule has 0 N–H and O–H groups in total. The molecule has 0 bridgehead atoms. The van der Waals surface area contributed by atoms with Crippen molar-refractivity contribution in [1.29, 1.82) is 0 Å². The highest BCUT2D eigenvalue weighted by molar-refractivity contribution is 7.80. The van der Waals surface area contributed by atoms with Gasteiger partial charge in [-0.3, -0.25) is 0 Å². The number of hydrogen-bond donors (Lipinski definition) is 3. The summed E-state index contributed by atoms with van der Waals surface area (Å²) >= 11 is 12.5. The van der Waals surface area contributed by atoms with E-state index >= 15 is 0 Å². The van der Waals surface area contributed by atoms with Crippen molar-refractivity contribution in [2.24, 2.45) is 0 Å². The summed E-state index contributed by atoms with van der Waals surface area (Å²) in [6.07, 6.45) is 6.11. The zero-order valence-corrected chi connectivity index (χ0v) is 14.3. The zero-order valence-electron chi connectivity index (χ0n) is 11.6. The maximum absolute atomic E-state index is 5.59. The van der Waals surface area contributed by atoms with Gasteiger partial charge < -0.3 is 14.0 Å². The van der Waals surface area contributed by atoms with Crippen molar-refractivity contribution in [1.82, 2.24) is 0 Å². The van der Waals surface area contributed by atoms with Crippen LogP contribution < -0.4 is 0 Å². The van der Waals surface area contributed by atoms with Crippen molar-refractivity contribution < 1.29 is 14.0 Å². The molecule has 0 rings (SSSR count). The van der Waals surface area contributed by atoms with Gasteiger partial charge in [-0.25, -0.2) is 0 Å². The molecule has 0 saturated carbocycles. The van der Waals surface area contributed by atoms with Gasteiger partial charge in [-0.05, 0) is 55.8 Å². The summed E-state index contributed by atoms with van der Waals surface area (Å²) in [5.74, 6) is 2.67. The molecule has 0 spiro atoms. The van der Waals surface area contributed by atoms with Crippen LogP contribution in [0.1, 0.15) is 38.5 Å². The van der Waals surface area contributed by atoms with Crippen molar-refractivity contribution in [3.8, 4) is 0 Å². The highest BCUT2D eigenvalue weighted by Crippen LogP contribution is 2.02. The SMILES string of the molecule is SCCCCOB(OCCCCS)OCCCCS. The highest BCUT2D eigenvalue weighted by Gasteiger charge is 2.20. The summed E-state index contributed by atoms with van der Waals surface area (Å²) in [6, 6.07) is 0. The Balaban J connectivity index is 3.66. The van der Waals surface area contributed by atoms with Crippen LogP contribution in [0, 0.1) is 0 Å². The van der Waals surface area contributed by atoms with Crippen molar-refractivity contribution in [3.63, 3.8) is 0 Å². The van der Waals surface area contributed by atoms with E-state index in [1.165, 1.54) is 0 Å². The Kier molecular flexibility index (Phi) is 17.9. The van der Waals surface area contributed by atoms with Gasteiger partial charge in [-0.1, -0.05) is 0 Å². The highest BCUT2D eigenvalue weighted by atomic mass is 32.1. The van der Waals surface area contributed by atoms with Crippen LogP contribution >= 0.6 is 37.9 Å². The van der Waals surface area contributed by atoms with Crippen molar-refractivity contribution in [2.75, 3.05) is 37.1 Å². The third-order valence-electron chi connectivity index (χ3n) is 2.42. The monoisotopic (exact) mass is 326 g/mol. The third kappa shape index (κ3) is 15.2.